The van der Waals surface area contributed by atoms with E-state index in [0.717, 1.165) is 4.88 Å². The fraction of sp³-hybridized carbons (Fsp3) is 0.250. The van der Waals surface area contributed by atoms with Gasteiger partial charge in [0.05, 0.1) is 11.8 Å². The highest BCUT2D eigenvalue weighted by Gasteiger charge is 2.13. The van der Waals surface area contributed by atoms with Crippen LogP contribution in [-0.2, 0) is 0 Å². The van der Waals surface area contributed by atoms with Crippen LogP contribution in [0.1, 0.15) is 30.3 Å². The molecular formula is C12H13N3O3S. The number of hydrogen-bond acceptors (Lipinski definition) is 5. The van der Waals surface area contributed by atoms with E-state index in [9.17, 15) is 14.7 Å². The third-order valence-corrected chi connectivity index (χ3v) is 3.67. The molecule has 0 aliphatic heterocycles. The zero-order chi connectivity index (χ0) is 14.0. The Balaban J connectivity index is 2.42. The van der Waals surface area contributed by atoms with Crippen molar-refractivity contribution in [3.05, 3.63) is 48.8 Å². The number of aliphatic imine (C=N–C) groups is 1. The lowest BCUT2D eigenvalue weighted by Gasteiger charge is -2.07. The number of thiophene rings is 1. The fourth-order valence-electron chi connectivity index (χ4n) is 1.76. The number of aromatic amines is 2. The van der Waals surface area contributed by atoms with Gasteiger partial charge in [-0.15, -0.1) is 11.3 Å². The molecule has 0 saturated carbocycles. The van der Waals surface area contributed by atoms with Crippen LogP contribution in [0.4, 0.5) is 0 Å². The smallest absolute Gasteiger partial charge is 0.328 e. The normalized spacial score (nSPS) is 13.5. The van der Waals surface area contributed by atoms with Gasteiger partial charge in [-0.05, 0) is 25.3 Å². The first-order valence-electron chi connectivity index (χ1n) is 5.62. The van der Waals surface area contributed by atoms with Gasteiger partial charge in [0.15, 0.2) is 0 Å². The molecule has 0 aliphatic carbocycles. The maximum absolute atomic E-state index is 11.7. The minimum Gasteiger partial charge on any atom is -0.494 e. The molecular weight excluding hydrogens is 266 g/mol. The number of nitrogens with one attached hydrogen (secondary N) is 2. The summed E-state index contributed by atoms with van der Waals surface area (Å²) >= 11 is 1.57. The maximum atomic E-state index is 11.7. The van der Waals surface area contributed by atoms with Crippen molar-refractivity contribution in [2.45, 2.75) is 19.9 Å². The van der Waals surface area contributed by atoms with Gasteiger partial charge in [0.1, 0.15) is 5.56 Å². The van der Waals surface area contributed by atoms with Crippen LogP contribution in [0.15, 0.2) is 32.1 Å². The molecule has 100 valence electrons. The van der Waals surface area contributed by atoms with E-state index in [1.165, 1.54) is 0 Å². The summed E-state index contributed by atoms with van der Waals surface area (Å²) in [5.74, 6) is -0.464. The molecule has 0 saturated heterocycles. The minimum atomic E-state index is -0.745. The molecule has 0 aromatic carbocycles. The second-order valence-corrected chi connectivity index (χ2v) is 5.02. The maximum Gasteiger partial charge on any atom is 0.328 e. The van der Waals surface area contributed by atoms with Gasteiger partial charge in [0.25, 0.3) is 5.56 Å². The lowest BCUT2D eigenvalue weighted by molar-refractivity contribution is 0.447. The third kappa shape index (κ3) is 2.82. The molecule has 0 radical (unpaired) electrons. The summed E-state index contributed by atoms with van der Waals surface area (Å²) < 4.78 is 0. The first-order chi connectivity index (χ1) is 8.99. The zero-order valence-electron chi connectivity index (χ0n) is 10.4. The molecule has 2 aromatic heterocycles. The standard InChI is InChI=1S/C12H13N3O3S/c1-6(8-4-3-5-19-8)13-7(2)9-10(16)14-12(18)15-11(9)17/h3-6H,1-2H3,(H3,14,15,16,17,18). The molecule has 2 rings (SSSR count). The van der Waals surface area contributed by atoms with E-state index in [4.69, 9.17) is 0 Å². The van der Waals surface area contributed by atoms with E-state index < -0.39 is 17.1 Å². The number of rotatable bonds is 3. The molecule has 2 heterocycles. The summed E-state index contributed by atoms with van der Waals surface area (Å²) in [6.07, 6.45) is 0. The molecule has 3 N–H and O–H groups in total. The SMILES string of the molecule is CC(=NC(C)c1cccs1)c1c(O)[nH]c(=O)[nH]c1=O. The monoisotopic (exact) mass is 279 g/mol. The van der Waals surface area contributed by atoms with Crippen LogP contribution in [0.2, 0.25) is 0 Å². The van der Waals surface area contributed by atoms with E-state index in [1.807, 2.05) is 24.4 Å². The minimum absolute atomic E-state index is 0.0111. The van der Waals surface area contributed by atoms with Gasteiger partial charge in [0, 0.05) is 4.88 Å². The van der Waals surface area contributed by atoms with Crippen molar-refractivity contribution in [2.24, 2.45) is 4.99 Å². The average Bonchev–Trinajstić information content (AvgIpc) is 2.80. The van der Waals surface area contributed by atoms with Crippen LogP contribution in [-0.4, -0.2) is 20.8 Å². The largest absolute Gasteiger partial charge is 0.494 e. The summed E-state index contributed by atoms with van der Waals surface area (Å²) in [6, 6.07) is 3.75. The summed E-state index contributed by atoms with van der Waals surface area (Å²) in [5, 5.41) is 11.6. The van der Waals surface area contributed by atoms with E-state index in [-0.39, 0.29) is 11.6 Å². The Morgan fingerprint density at radius 1 is 1.42 bits per heavy atom. The Morgan fingerprint density at radius 2 is 2.16 bits per heavy atom. The van der Waals surface area contributed by atoms with Crippen LogP contribution in [0.5, 0.6) is 5.88 Å². The van der Waals surface area contributed by atoms with Crippen molar-refractivity contribution in [3.63, 3.8) is 0 Å². The summed E-state index contributed by atoms with van der Waals surface area (Å²) in [6.45, 7) is 3.51. The Labute approximate surface area is 112 Å². The molecule has 2 aromatic rings. The molecule has 1 unspecified atom stereocenters. The molecule has 6 nitrogen and oxygen atoms in total. The van der Waals surface area contributed by atoms with Gasteiger partial charge in [-0.25, -0.2) is 4.79 Å². The van der Waals surface area contributed by atoms with E-state index >= 15 is 0 Å². The quantitative estimate of drug-likeness (QED) is 0.741. The van der Waals surface area contributed by atoms with E-state index in [0.29, 0.717) is 5.71 Å². The van der Waals surface area contributed by atoms with Crippen molar-refractivity contribution in [3.8, 4) is 5.88 Å². The molecule has 0 spiro atoms. The highest BCUT2D eigenvalue weighted by Crippen LogP contribution is 2.22. The summed E-state index contributed by atoms with van der Waals surface area (Å²) in [5.41, 5.74) is -1.04. The zero-order valence-corrected chi connectivity index (χ0v) is 11.2. The number of aromatic nitrogens is 2. The van der Waals surface area contributed by atoms with Gasteiger partial charge in [-0.1, -0.05) is 6.07 Å². The fourth-order valence-corrected chi connectivity index (χ4v) is 2.48. The van der Waals surface area contributed by atoms with Gasteiger partial charge in [0.2, 0.25) is 5.88 Å². The Morgan fingerprint density at radius 3 is 2.74 bits per heavy atom. The van der Waals surface area contributed by atoms with Crippen molar-refractivity contribution < 1.29 is 5.11 Å². The van der Waals surface area contributed by atoms with Crippen molar-refractivity contribution in [1.82, 2.24) is 9.97 Å². The Hall–Kier alpha value is -2.15. The number of H-pyrrole nitrogens is 2. The summed E-state index contributed by atoms with van der Waals surface area (Å²) in [4.78, 5) is 32.3. The van der Waals surface area contributed by atoms with Crippen LogP contribution in [0, 0.1) is 0 Å². The molecule has 1 atom stereocenters. The van der Waals surface area contributed by atoms with Crippen LogP contribution in [0.3, 0.4) is 0 Å². The first kappa shape index (κ1) is 13.3. The van der Waals surface area contributed by atoms with Gasteiger partial charge in [-0.2, -0.15) is 0 Å². The van der Waals surface area contributed by atoms with Crippen LogP contribution < -0.4 is 11.2 Å². The van der Waals surface area contributed by atoms with Crippen molar-refractivity contribution in [1.29, 1.82) is 0 Å². The van der Waals surface area contributed by atoms with Crippen LogP contribution in [0.25, 0.3) is 0 Å². The third-order valence-electron chi connectivity index (χ3n) is 2.63. The molecule has 0 amide bonds. The van der Waals surface area contributed by atoms with Gasteiger partial charge in [-0.3, -0.25) is 19.8 Å². The second-order valence-electron chi connectivity index (χ2n) is 4.04. The van der Waals surface area contributed by atoms with E-state index in [2.05, 4.69) is 15.0 Å². The summed E-state index contributed by atoms with van der Waals surface area (Å²) in [7, 11) is 0. The topological polar surface area (TPSA) is 98.3 Å². The Kier molecular flexibility index (Phi) is 3.66. The molecule has 19 heavy (non-hydrogen) atoms. The lowest BCUT2D eigenvalue weighted by atomic mass is 10.2. The van der Waals surface area contributed by atoms with Gasteiger partial charge >= 0.3 is 5.69 Å². The highest BCUT2D eigenvalue weighted by atomic mass is 32.1. The lowest BCUT2D eigenvalue weighted by Crippen LogP contribution is -2.27. The van der Waals surface area contributed by atoms with Crippen LogP contribution >= 0.6 is 11.3 Å². The molecule has 7 heteroatoms. The average molecular weight is 279 g/mol. The second kappa shape index (κ2) is 5.23. The Bertz CT molecular complexity index is 713. The number of hydrogen-bond donors (Lipinski definition) is 3. The van der Waals surface area contributed by atoms with Crippen molar-refractivity contribution in [2.75, 3.05) is 0 Å². The molecule has 0 bridgehead atoms. The predicted octanol–water partition coefficient (Wildman–Crippen LogP) is 1.40. The molecule has 0 aliphatic rings. The number of aromatic hydroxyl groups is 1. The predicted molar refractivity (Wildman–Crippen MR) is 74.3 cm³/mol. The highest BCUT2D eigenvalue weighted by molar-refractivity contribution is 7.10. The van der Waals surface area contributed by atoms with Crippen molar-refractivity contribution >= 4 is 17.0 Å². The van der Waals surface area contributed by atoms with Gasteiger partial charge < -0.3 is 5.11 Å². The first-order valence-corrected chi connectivity index (χ1v) is 6.50. The number of nitrogens with zero attached hydrogens (tertiary/aromatic N) is 1. The van der Waals surface area contributed by atoms with E-state index in [1.54, 1.807) is 18.3 Å². The molecule has 0 fully saturated rings.